The van der Waals surface area contributed by atoms with E-state index in [1.54, 1.807) is 10.8 Å². The Morgan fingerprint density at radius 2 is 2.43 bits per heavy atom. The molecule has 1 N–H and O–H groups in total. The van der Waals surface area contributed by atoms with Crippen molar-refractivity contribution in [1.82, 2.24) is 9.78 Å². The van der Waals surface area contributed by atoms with Crippen molar-refractivity contribution in [1.29, 1.82) is 0 Å². The molecule has 1 rings (SSSR count). The fraction of sp³-hybridized carbons (Fsp3) is 0.400. The van der Waals surface area contributed by atoms with Crippen molar-refractivity contribution in [2.24, 2.45) is 0 Å². The van der Waals surface area contributed by atoms with Gasteiger partial charge in [0.15, 0.2) is 0 Å². The van der Waals surface area contributed by atoms with Gasteiger partial charge in [0.1, 0.15) is 0 Å². The molecule has 0 atom stereocenters. The highest BCUT2D eigenvalue weighted by Crippen LogP contribution is 2.01. The molecule has 1 heterocycles. The van der Waals surface area contributed by atoms with E-state index in [-0.39, 0.29) is 0 Å². The number of allylic oxidation sites excluding steroid dienone is 1. The van der Waals surface area contributed by atoms with Crippen LogP contribution in [0, 0.1) is 6.92 Å². The zero-order valence-corrected chi connectivity index (χ0v) is 8.40. The average Bonchev–Trinajstić information content (AvgIpc) is 2.52. The summed E-state index contributed by atoms with van der Waals surface area (Å²) in [5.74, 6) is -0.851. The van der Waals surface area contributed by atoms with Gasteiger partial charge in [0, 0.05) is 11.8 Å². The fourth-order valence-corrected chi connectivity index (χ4v) is 1.15. The first-order valence-corrected chi connectivity index (χ1v) is 4.56. The first kappa shape index (κ1) is 10.5. The zero-order valence-electron chi connectivity index (χ0n) is 8.40. The van der Waals surface area contributed by atoms with Crippen molar-refractivity contribution in [3.8, 4) is 0 Å². The Balaban J connectivity index is 2.65. The lowest BCUT2D eigenvalue weighted by atomic mass is 10.2. The average molecular weight is 194 g/mol. The van der Waals surface area contributed by atoms with Crippen LogP contribution in [0.3, 0.4) is 0 Å². The summed E-state index contributed by atoms with van der Waals surface area (Å²) in [6, 6.07) is 1.89. The molecule has 0 radical (unpaired) electrons. The summed E-state index contributed by atoms with van der Waals surface area (Å²) in [6.45, 7) is 4.25. The molecule has 0 spiro atoms. The second kappa shape index (κ2) is 4.60. The number of aryl methyl sites for hydroxylation is 1. The van der Waals surface area contributed by atoms with Crippen molar-refractivity contribution in [2.45, 2.75) is 26.8 Å². The first-order valence-electron chi connectivity index (χ1n) is 4.56. The van der Waals surface area contributed by atoms with Crippen LogP contribution in [0.2, 0.25) is 0 Å². The molecule has 0 saturated heterocycles. The molecule has 0 fully saturated rings. The van der Waals surface area contributed by atoms with E-state index in [0.717, 1.165) is 5.69 Å². The number of aliphatic carboxylic acids is 1. The van der Waals surface area contributed by atoms with Crippen molar-refractivity contribution < 1.29 is 9.90 Å². The number of carbonyl (C=O) groups is 1. The Bertz CT molecular complexity index is 353. The van der Waals surface area contributed by atoms with Crippen molar-refractivity contribution in [2.75, 3.05) is 0 Å². The molecule has 1 aromatic heterocycles. The highest BCUT2D eigenvalue weighted by molar-refractivity contribution is 5.86. The minimum Gasteiger partial charge on any atom is -0.478 e. The highest BCUT2D eigenvalue weighted by atomic mass is 16.4. The quantitative estimate of drug-likeness (QED) is 0.741. The molecule has 0 aliphatic carbocycles. The van der Waals surface area contributed by atoms with Gasteiger partial charge in [0.25, 0.3) is 0 Å². The maximum atomic E-state index is 10.7. The van der Waals surface area contributed by atoms with Crippen LogP contribution in [0.15, 0.2) is 23.9 Å². The maximum Gasteiger partial charge on any atom is 0.331 e. The predicted octanol–water partition coefficient (Wildman–Crippen LogP) is 1.61. The zero-order chi connectivity index (χ0) is 10.6. The van der Waals surface area contributed by atoms with Crippen LogP contribution in [-0.4, -0.2) is 20.9 Å². The predicted molar refractivity (Wildman–Crippen MR) is 53.0 cm³/mol. The number of carboxylic acid groups (broad SMARTS) is 1. The molecule has 14 heavy (non-hydrogen) atoms. The monoisotopic (exact) mass is 194 g/mol. The summed E-state index contributed by atoms with van der Waals surface area (Å²) in [4.78, 5) is 10.7. The van der Waals surface area contributed by atoms with Crippen LogP contribution in [0.5, 0.6) is 0 Å². The molecule has 4 nitrogen and oxygen atoms in total. The second-order valence-electron chi connectivity index (χ2n) is 3.07. The molecule has 0 unspecified atom stereocenters. The van der Waals surface area contributed by atoms with Gasteiger partial charge in [-0.15, -0.1) is 0 Å². The smallest absolute Gasteiger partial charge is 0.331 e. The lowest BCUT2D eigenvalue weighted by Crippen LogP contribution is -2.03. The van der Waals surface area contributed by atoms with E-state index in [4.69, 9.17) is 5.11 Å². The minimum atomic E-state index is -0.851. The van der Waals surface area contributed by atoms with E-state index in [9.17, 15) is 4.79 Å². The van der Waals surface area contributed by atoms with E-state index in [1.165, 1.54) is 0 Å². The van der Waals surface area contributed by atoms with Gasteiger partial charge in [-0.05, 0) is 19.4 Å². The van der Waals surface area contributed by atoms with E-state index in [0.29, 0.717) is 18.5 Å². The molecule has 0 saturated carbocycles. The van der Waals surface area contributed by atoms with Crippen molar-refractivity contribution in [3.63, 3.8) is 0 Å². The van der Waals surface area contributed by atoms with Gasteiger partial charge in [0.2, 0.25) is 0 Å². The Labute approximate surface area is 82.9 Å². The third kappa shape index (κ3) is 2.73. The Hall–Kier alpha value is -1.58. The van der Waals surface area contributed by atoms with Gasteiger partial charge in [0.05, 0.1) is 12.2 Å². The topological polar surface area (TPSA) is 55.1 Å². The van der Waals surface area contributed by atoms with E-state index in [1.807, 2.05) is 26.1 Å². The highest BCUT2D eigenvalue weighted by Gasteiger charge is 2.03. The van der Waals surface area contributed by atoms with Crippen LogP contribution in [0.4, 0.5) is 0 Å². The van der Waals surface area contributed by atoms with E-state index < -0.39 is 5.97 Å². The summed E-state index contributed by atoms with van der Waals surface area (Å²) >= 11 is 0. The molecule has 1 aromatic rings. The van der Waals surface area contributed by atoms with Gasteiger partial charge >= 0.3 is 5.97 Å². The molecule has 0 aliphatic rings. The van der Waals surface area contributed by atoms with Gasteiger partial charge < -0.3 is 5.11 Å². The molecule has 0 aliphatic heterocycles. The number of carboxylic acids is 1. The largest absolute Gasteiger partial charge is 0.478 e. The number of aromatic nitrogens is 2. The van der Waals surface area contributed by atoms with Crippen LogP contribution in [-0.2, 0) is 11.3 Å². The van der Waals surface area contributed by atoms with Gasteiger partial charge in [-0.2, -0.15) is 5.10 Å². The van der Waals surface area contributed by atoms with Crippen LogP contribution < -0.4 is 0 Å². The van der Waals surface area contributed by atoms with Gasteiger partial charge in [-0.3, -0.25) is 4.68 Å². The Morgan fingerprint density at radius 1 is 1.71 bits per heavy atom. The maximum absolute atomic E-state index is 10.7. The summed E-state index contributed by atoms with van der Waals surface area (Å²) in [5.41, 5.74) is 1.37. The molecule has 0 amide bonds. The normalized spacial score (nSPS) is 11.7. The van der Waals surface area contributed by atoms with Crippen molar-refractivity contribution >= 4 is 5.97 Å². The fourth-order valence-electron chi connectivity index (χ4n) is 1.15. The van der Waals surface area contributed by atoms with Gasteiger partial charge in [-0.1, -0.05) is 13.0 Å². The van der Waals surface area contributed by atoms with Gasteiger partial charge in [-0.25, -0.2) is 4.79 Å². The number of hydrogen-bond donors (Lipinski definition) is 1. The summed E-state index contributed by atoms with van der Waals surface area (Å²) < 4.78 is 1.72. The summed E-state index contributed by atoms with van der Waals surface area (Å²) in [5, 5.41) is 12.9. The standard InChI is InChI=1S/C10H14N2O2/c1-3-9(10(13)14)5-7-12-6-4-8(2)11-12/h4-6H,3,7H2,1-2H3,(H,13,14). The number of rotatable bonds is 4. The molecule has 4 heteroatoms. The minimum absolute atomic E-state index is 0.429. The number of nitrogens with zero attached hydrogens (tertiary/aromatic N) is 2. The van der Waals surface area contributed by atoms with Crippen LogP contribution in [0.1, 0.15) is 19.0 Å². The van der Waals surface area contributed by atoms with Crippen molar-refractivity contribution in [3.05, 3.63) is 29.6 Å². The number of hydrogen-bond acceptors (Lipinski definition) is 2. The molecular weight excluding hydrogens is 180 g/mol. The molecule has 0 aromatic carbocycles. The third-order valence-electron chi connectivity index (χ3n) is 1.95. The van der Waals surface area contributed by atoms with Crippen LogP contribution >= 0.6 is 0 Å². The first-order chi connectivity index (χ1) is 6.63. The van der Waals surface area contributed by atoms with E-state index in [2.05, 4.69) is 5.10 Å². The molecular formula is C10H14N2O2. The lowest BCUT2D eigenvalue weighted by Gasteiger charge is -1.98. The molecule has 0 bridgehead atoms. The second-order valence-corrected chi connectivity index (χ2v) is 3.07. The Morgan fingerprint density at radius 3 is 2.86 bits per heavy atom. The third-order valence-corrected chi connectivity index (χ3v) is 1.95. The molecule has 76 valence electrons. The Kier molecular flexibility index (Phi) is 3.45. The summed E-state index contributed by atoms with van der Waals surface area (Å²) in [6.07, 6.45) is 4.06. The summed E-state index contributed by atoms with van der Waals surface area (Å²) in [7, 11) is 0. The lowest BCUT2D eigenvalue weighted by molar-refractivity contribution is -0.132. The van der Waals surface area contributed by atoms with Crippen LogP contribution in [0.25, 0.3) is 0 Å². The SMILES string of the molecule is CCC(=CCn1ccc(C)n1)C(=O)O. The van der Waals surface area contributed by atoms with E-state index >= 15 is 0 Å².